The van der Waals surface area contributed by atoms with Crippen molar-refractivity contribution in [1.29, 1.82) is 0 Å². The fourth-order valence-corrected chi connectivity index (χ4v) is 0.725. The van der Waals surface area contributed by atoms with E-state index >= 15 is 0 Å². The zero-order valence-electron chi connectivity index (χ0n) is 9.10. The van der Waals surface area contributed by atoms with Crippen LogP contribution in [0.4, 0.5) is 0 Å². The van der Waals surface area contributed by atoms with Gasteiger partial charge >= 0.3 is 0 Å². The van der Waals surface area contributed by atoms with Crippen molar-refractivity contribution in [2.45, 2.75) is 6.92 Å². The van der Waals surface area contributed by atoms with Crippen molar-refractivity contribution in [2.24, 2.45) is 0 Å². The van der Waals surface area contributed by atoms with Crippen LogP contribution in [0.25, 0.3) is 0 Å². The van der Waals surface area contributed by atoms with Gasteiger partial charge in [0.1, 0.15) is 5.69 Å². The summed E-state index contributed by atoms with van der Waals surface area (Å²) in [6.07, 6.45) is 3.97. The lowest BCUT2D eigenvalue weighted by atomic mass is 10.4. The average molecular weight is 229 g/mol. The Hall–Kier alpha value is -1.23. The third kappa shape index (κ3) is 7.81. The number of hydrogen-bond donors (Lipinski definition) is 0. The Kier molecular flexibility index (Phi) is 7.44. The summed E-state index contributed by atoms with van der Waals surface area (Å²) in [5.41, 5.74) is 0.399. The van der Waals surface area contributed by atoms with Gasteiger partial charge < -0.3 is 4.74 Å². The molecule has 0 aliphatic heterocycles. The third-order valence-corrected chi connectivity index (χ3v) is 1.16. The Morgan fingerprint density at radius 3 is 2.53 bits per heavy atom. The van der Waals surface area contributed by atoms with E-state index in [1.807, 2.05) is 6.92 Å². The molecule has 0 atom stereocenters. The second-order valence-electron chi connectivity index (χ2n) is 2.69. The molecular weight excluding hydrogens is 214 g/mol. The van der Waals surface area contributed by atoms with Crippen LogP contribution >= 0.6 is 0 Å². The van der Waals surface area contributed by atoms with Gasteiger partial charge in [-0.15, -0.1) is 0 Å². The van der Waals surface area contributed by atoms with Crippen molar-refractivity contribution in [3.8, 4) is 5.88 Å². The first-order valence-electron chi connectivity index (χ1n) is 4.40. The summed E-state index contributed by atoms with van der Waals surface area (Å²) in [5.74, 6) is 0.497. The first-order valence-corrected chi connectivity index (χ1v) is 6.37. The molecule has 15 heavy (non-hydrogen) atoms. The van der Waals surface area contributed by atoms with E-state index in [2.05, 4.69) is 4.98 Å². The molecule has 0 spiro atoms. The molecule has 1 rings (SSSR count). The standard InChI is InChI=1S/C8H9NO2.C2H6OS/c1-2-11-8-5-3-4-7(6-10)9-8;1-4(2)3/h3-6H,2H2,1H3;1-2H3. The fourth-order valence-electron chi connectivity index (χ4n) is 0.725. The lowest BCUT2D eigenvalue weighted by Gasteiger charge is -1.99. The molecule has 5 heteroatoms. The van der Waals surface area contributed by atoms with Crippen LogP contribution in [0.5, 0.6) is 5.88 Å². The average Bonchev–Trinajstić information content (AvgIpc) is 2.18. The molecule has 1 aromatic heterocycles. The SMILES string of the molecule is CCOc1cccc(C=O)n1.CS(C)=O. The van der Waals surface area contributed by atoms with Gasteiger partial charge in [-0.05, 0) is 13.0 Å². The molecule has 1 aromatic rings. The minimum atomic E-state index is -0.611. The highest BCUT2D eigenvalue weighted by Crippen LogP contribution is 2.05. The van der Waals surface area contributed by atoms with Crippen LogP contribution in [0.1, 0.15) is 17.4 Å². The number of carbonyl (C=O) groups excluding carboxylic acids is 1. The number of hydrogen-bond acceptors (Lipinski definition) is 4. The summed E-state index contributed by atoms with van der Waals surface area (Å²) in [6, 6.07) is 5.09. The zero-order chi connectivity index (χ0) is 11.7. The van der Waals surface area contributed by atoms with E-state index in [9.17, 15) is 9.00 Å². The molecule has 84 valence electrons. The van der Waals surface area contributed by atoms with Gasteiger partial charge in [-0.1, -0.05) is 6.07 Å². The molecule has 0 saturated carbocycles. The van der Waals surface area contributed by atoms with Gasteiger partial charge in [-0.25, -0.2) is 4.98 Å². The minimum Gasteiger partial charge on any atom is -0.478 e. The molecule has 0 bridgehead atoms. The smallest absolute Gasteiger partial charge is 0.213 e. The Bertz CT molecular complexity index is 324. The number of pyridine rings is 1. The Balaban J connectivity index is 0.000000423. The second kappa shape index (κ2) is 8.11. The molecule has 0 aliphatic rings. The predicted octanol–water partition coefficient (Wildman–Crippen LogP) is 1.29. The van der Waals surface area contributed by atoms with Crippen LogP contribution in [0.2, 0.25) is 0 Å². The van der Waals surface area contributed by atoms with Crippen molar-refractivity contribution in [3.63, 3.8) is 0 Å². The first kappa shape index (κ1) is 13.8. The summed E-state index contributed by atoms with van der Waals surface area (Å²) in [5, 5.41) is 0. The van der Waals surface area contributed by atoms with E-state index in [1.165, 1.54) is 0 Å². The maximum atomic E-state index is 10.2. The molecule has 0 aliphatic carbocycles. The monoisotopic (exact) mass is 229 g/mol. The van der Waals surface area contributed by atoms with Gasteiger partial charge in [0.05, 0.1) is 6.61 Å². The van der Waals surface area contributed by atoms with Gasteiger partial charge in [0.15, 0.2) is 6.29 Å². The van der Waals surface area contributed by atoms with Crippen molar-refractivity contribution in [3.05, 3.63) is 23.9 Å². The van der Waals surface area contributed by atoms with Crippen LogP contribution in [0.15, 0.2) is 18.2 Å². The zero-order valence-corrected chi connectivity index (χ0v) is 9.91. The van der Waals surface area contributed by atoms with Crippen LogP contribution in [-0.2, 0) is 10.8 Å². The number of carbonyl (C=O) groups is 1. The van der Waals surface area contributed by atoms with E-state index in [-0.39, 0.29) is 0 Å². The Morgan fingerprint density at radius 1 is 1.47 bits per heavy atom. The summed E-state index contributed by atoms with van der Waals surface area (Å²) in [6.45, 7) is 2.44. The number of nitrogens with zero attached hydrogens (tertiary/aromatic N) is 1. The van der Waals surface area contributed by atoms with Crippen LogP contribution < -0.4 is 4.74 Å². The molecule has 0 unspecified atom stereocenters. The highest BCUT2D eigenvalue weighted by atomic mass is 32.2. The number of aromatic nitrogens is 1. The van der Waals surface area contributed by atoms with Crippen molar-refractivity contribution >= 4 is 17.1 Å². The summed E-state index contributed by atoms with van der Waals surface area (Å²) in [7, 11) is -0.611. The highest BCUT2D eigenvalue weighted by Gasteiger charge is 1.94. The van der Waals surface area contributed by atoms with Crippen molar-refractivity contribution in [1.82, 2.24) is 4.98 Å². The summed E-state index contributed by atoms with van der Waals surface area (Å²) in [4.78, 5) is 14.1. The molecular formula is C10H15NO3S. The van der Waals surface area contributed by atoms with E-state index in [0.29, 0.717) is 24.5 Å². The van der Waals surface area contributed by atoms with Gasteiger partial charge in [0.25, 0.3) is 0 Å². The minimum absolute atomic E-state index is 0.399. The quantitative estimate of drug-likeness (QED) is 0.733. The lowest BCUT2D eigenvalue weighted by molar-refractivity contribution is 0.111. The van der Waals surface area contributed by atoms with Crippen LogP contribution in [0, 0.1) is 0 Å². The first-order chi connectivity index (χ1) is 7.10. The van der Waals surface area contributed by atoms with Gasteiger partial charge in [-0.3, -0.25) is 9.00 Å². The summed E-state index contributed by atoms with van der Waals surface area (Å²) >= 11 is 0. The normalized spacial score (nSPS) is 9.07. The molecule has 0 N–H and O–H groups in total. The maximum Gasteiger partial charge on any atom is 0.213 e. The largest absolute Gasteiger partial charge is 0.478 e. The molecule has 0 aromatic carbocycles. The number of rotatable bonds is 3. The number of ether oxygens (including phenoxy) is 1. The number of aldehydes is 1. The van der Waals surface area contributed by atoms with Crippen molar-refractivity contribution in [2.75, 3.05) is 19.1 Å². The Labute approximate surface area is 92.1 Å². The fraction of sp³-hybridized carbons (Fsp3) is 0.400. The topological polar surface area (TPSA) is 56.3 Å². The van der Waals surface area contributed by atoms with E-state index in [1.54, 1.807) is 30.7 Å². The van der Waals surface area contributed by atoms with E-state index < -0.39 is 10.8 Å². The summed E-state index contributed by atoms with van der Waals surface area (Å²) < 4.78 is 14.6. The molecule has 0 fully saturated rings. The molecule has 1 heterocycles. The van der Waals surface area contributed by atoms with Gasteiger partial charge in [0, 0.05) is 29.4 Å². The van der Waals surface area contributed by atoms with Crippen LogP contribution in [0.3, 0.4) is 0 Å². The Morgan fingerprint density at radius 2 is 2.07 bits per heavy atom. The van der Waals surface area contributed by atoms with Gasteiger partial charge in [-0.2, -0.15) is 0 Å². The molecule has 0 saturated heterocycles. The van der Waals surface area contributed by atoms with E-state index in [4.69, 9.17) is 4.74 Å². The van der Waals surface area contributed by atoms with Gasteiger partial charge in [0.2, 0.25) is 5.88 Å². The predicted molar refractivity (Wildman–Crippen MR) is 60.8 cm³/mol. The molecule has 0 amide bonds. The van der Waals surface area contributed by atoms with Crippen molar-refractivity contribution < 1.29 is 13.7 Å². The van der Waals surface area contributed by atoms with Crippen LogP contribution in [-0.4, -0.2) is 34.6 Å². The molecule has 4 nitrogen and oxygen atoms in total. The molecule has 0 radical (unpaired) electrons. The maximum absolute atomic E-state index is 10.2. The van der Waals surface area contributed by atoms with E-state index in [0.717, 1.165) is 0 Å². The second-order valence-corrected chi connectivity index (χ2v) is 4.18. The highest BCUT2D eigenvalue weighted by molar-refractivity contribution is 7.83. The lowest BCUT2D eigenvalue weighted by Crippen LogP contribution is -1.95. The third-order valence-electron chi connectivity index (χ3n) is 1.16.